The Hall–Kier alpha value is -0.730. The van der Waals surface area contributed by atoms with Crippen molar-refractivity contribution >= 4 is 5.91 Å². The molecule has 6 N–H and O–H groups in total. The molecule has 7 heteroatoms. The number of carbonyl (C=O) groups is 1. The number of nitrogens with one attached hydrogen (secondary N) is 1. The van der Waals surface area contributed by atoms with Crippen molar-refractivity contribution in [2.45, 2.75) is 37.5 Å². The molecule has 88 valence electrons. The van der Waals surface area contributed by atoms with Gasteiger partial charge in [-0.15, -0.1) is 0 Å². The third-order valence-corrected chi connectivity index (χ3v) is 2.33. The summed E-state index contributed by atoms with van der Waals surface area (Å²) in [6.07, 6.45) is -4.41. The summed E-state index contributed by atoms with van der Waals surface area (Å²) in [5, 5.41) is 30.3. The fourth-order valence-corrected chi connectivity index (χ4v) is 1.55. The Morgan fingerprint density at radius 2 is 2.07 bits per heavy atom. The molecule has 0 aromatic rings. The summed E-state index contributed by atoms with van der Waals surface area (Å²) >= 11 is 0. The van der Waals surface area contributed by atoms with Gasteiger partial charge >= 0.3 is 0 Å². The molecule has 0 aliphatic carbocycles. The van der Waals surface area contributed by atoms with Gasteiger partial charge in [0.2, 0.25) is 5.91 Å². The number of hydrogen-bond donors (Lipinski definition) is 5. The monoisotopic (exact) mass is 220 g/mol. The predicted octanol–water partition coefficient (Wildman–Crippen LogP) is -3.11. The minimum absolute atomic E-state index is 0.382. The number of aliphatic hydroxyl groups excluding tert-OH is 3. The quantitative estimate of drug-likeness (QED) is 0.335. The largest absolute Gasteiger partial charge is 0.394 e. The molecule has 7 nitrogen and oxygen atoms in total. The molecule has 0 spiro atoms. The van der Waals surface area contributed by atoms with Crippen molar-refractivity contribution in [2.75, 3.05) is 6.61 Å². The number of carbonyl (C=O) groups excluding carboxylic acids is 1. The Balaban J connectivity index is 2.70. The molecule has 0 bridgehead atoms. The van der Waals surface area contributed by atoms with Gasteiger partial charge in [0.1, 0.15) is 24.5 Å². The fourth-order valence-electron chi connectivity index (χ4n) is 1.55. The molecule has 1 aliphatic rings. The van der Waals surface area contributed by atoms with Crippen molar-refractivity contribution in [2.24, 2.45) is 5.73 Å². The Bertz CT molecular complexity index is 237. The Morgan fingerprint density at radius 3 is 2.53 bits per heavy atom. The number of aliphatic hydroxyl groups is 3. The van der Waals surface area contributed by atoms with E-state index in [0.717, 1.165) is 0 Å². The van der Waals surface area contributed by atoms with Gasteiger partial charge in [0.15, 0.2) is 0 Å². The second-order valence-corrected chi connectivity index (χ2v) is 3.53. The lowest BCUT2D eigenvalue weighted by Crippen LogP contribution is -2.66. The van der Waals surface area contributed by atoms with E-state index in [-0.39, 0.29) is 5.91 Å². The van der Waals surface area contributed by atoms with Crippen LogP contribution >= 0.6 is 0 Å². The topological polar surface area (TPSA) is 125 Å². The molecule has 15 heavy (non-hydrogen) atoms. The van der Waals surface area contributed by atoms with Crippen LogP contribution in [0.1, 0.15) is 6.92 Å². The summed E-state index contributed by atoms with van der Waals surface area (Å²) in [5.41, 5.74) is 5.53. The molecule has 1 heterocycles. The molecule has 0 unspecified atom stereocenters. The number of ether oxygens (including phenoxy) is 1. The minimum Gasteiger partial charge on any atom is -0.394 e. The standard InChI is InChI=1S/C8H16N2O5/c1-3(12)10-5-7(14)6(13)4(2-11)15-8(5)9/h4-8,11,13-14H,2,9H2,1H3,(H,10,12)/t4-,5+,6+,7+,8+/m0/s1. The maximum absolute atomic E-state index is 10.8. The maximum Gasteiger partial charge on any atom is 0.217 e. The van der Waals surface area contributed by atoms with Gasteiger partial charge in [-0.05, 0) is 0 Å². The molecule has 1 aliphatic heterocycles. The SMILES string of the molecule is CC(=O)N[C@@H]1[C@@H](O)[C@H](O)[C@H](CO)O[C@H]1N. The van der Waals surface area contributed by atoms with Crippen LogP contribution < -0.4 is 11.1 Å². The third kappa shape index (κ3) is 2.64. The number of nitrogens with two attached hydrogens (primary N) is 1. The highest BCUT2D eigenvalue weighted by Gasteiger charge is 2.42. The van der Waals surface area contributed by atoms with E-state index in [1.165, 1.54) is 6.92 Å². The van der Waals surface area contributed by atoms with Crippen LogP contribution in [0.4, 0.5) is 0 Å². The normalized spacial score (nSPS) is 41.3. The lowest BCUT2D eigenvalue weighted by molar-refractivity contribution is -0.193. The van der Waals surface area contributed by atoms with Crippen LogP contribution in [-0.2, 0) is 9.53 Å². The molecule has 5 atom stereocenters. The van der Waals surface area contributed by atoms with Crippen molar-refractivity contribution in [3.63, 3.8) is 0 Å². The van der Waals surface area contributed by atoms with E-state index in [2.05, 4.69) is 5.32 Å². The summed E-state index contributed by atoms with van der Waals surface area (Å²) in [4.78, 5) is 10.8. The van der Waals surface area contributed by atoms with E-state index in [1.807, 2.05) is 0 Å². The smallest absolute Gasteiger partial charge is 0.217 e. The number of hydrogen-bond acceptors (Lipinski definition) is 6. The van der Waals surface area contributed by atoms with Crippen LogP contribution in [0.3, 0.4) is 0 Å². The Kier molecular flexibility index (Phi) is 4.00. The zero-order valence-corrected chi connectivity index (χ0v) is 8.33. The molecule has 0 aromatic carbocycles. The van der Waals surface area contributed by atoms with E-state index < -0.39 is 37.2 Å². The number of amides is 1. The van der Waals surface area contributed by atoms with Crippen molar-refractivity contribution in [3.8, 4) is 0 Å². The van der Waals surface area contributed by atoms with Gasteiger partial charge in [-0.25, -0.2) is 0 Å². The highest BCUT2D eigenvalue weighted by molar-refractivity contribution is 5.73. The van der Waals surface area contributed by atoms with Crippen LogP contribution in [-0.4, -0.2) is 58.4 Å². The van der Waals surface area contributed by atoms with Gasteiger partial charge < -0.3 is 31.1 Å². The van der Waals surface area contributed by atoms with E-state index in [9.17, 15) is 15.0 Å². The Morgan fingerprint density at radius 1 is 1.47 bits per heavy atom. The molecule has 0 radical (unpaired) electrons. The van der Waals surface area contributed by atoms with Crippen LogP contribution in [0.2, 0.25) is 0 Å². The highest BCUT2D eigenvalue weighted by atomic mass is 16.5. The van der Waals surface area contributed by atoms with Gasteiger partial charge in [-0.3, -0.25) is 4.79 Å². The third-order valence-electron chi connectivity index (χ3n) is 2.33. The van der Waals surface area contributed by atoms with E-state index in [4.69, 9.17) is 15.6 Å². The van der Waals surface area contributed by atoms with E-state index >= 15 is 0 Å². The van der Waals surface area contributed by atoms with Crippen molar-refractivity contribution in [1.29, 1.82) is 0 Å². The van der Waals surface area contributed by atoms with E-state index in [0.29, 0.717) is 0 Å². The first-order chi connectivity index (χ1) is 6.97. The second-order valence-electron chi connectivity index (χ2n) is 3.53. The summed E-state index contributed by atoms with van der Waals surface area (Å²) in [6, 6.07) is -0.875. The van der Waals surface area contributed by atoms with Gasteiger partial charge in [-0.2, -0.15) is 0 Å². The minimum atomic E-state index is -1.27. The van der Waals surface area contributed by atoms with Gasteiger partial charge in [0.05, 0.1) is 12.6 Å². The zero-order valence-electron chi connectivity index (χ0n) is 8.33. The molecule has 1 saturated heterocycles. The van der Waals surface area contributed by atoms with Crippen molar-refractivity contribution in [3.05, 3.63) is 0 Å². The Labute approximate surface area is 86.8 Å². The average Bonchev–Trinajstić information content (AvgIpc) is 2.18. The highest BCUT2D eigenvalue weighted by Crippen LogP contribution is 2.18. The van der Waals surface area contributed by atoms with Crippen LogP contribution in [0.5, 0.6) is 0 Å². The summed E-state index contributed by atoms with van der Waals surface area (Å²) < 4.78 is 5.03. The second kappa shape index (κ2) is 4.86. The van der Waals surface area contributed by atoms with Crippen molar-refractivity contribution in [1.82, 2.24) is 5.32 Å². The van der Waals surface area contributed by atoms with Gasteiger partial charge in [0.25, 0.3) is 0 Å². The summed E-state index contributed by atoms with van der Waals surface area (Å²) in [5.74, 6) is -0.382. The van der Waals surface area contributed by atoms with Gasteiger partial charge in [0, 0.05) is 6.92 Å². The molecule has 1 fully saturated rings. The van der Waals surface area contributed by atoms with Gasteiger partial charge in [-0.1, -0.05) is 0 Å². The predicted molar refractivity (Wildman–Crippen MR) is 49.6 cm³/mol. The maximum atomic E-state index is 10.8. The first-order valence-electron chi connectivity index (χ1n) is 4.62. The molecule has 1 amide bonds. The van der Waals surface area contributed by atoms with Crippen LogP contribution in [0.15, 0.2) is 0 Å². The summed E-state index contributed by atoms with van der Waals surface area (Å²) in [7, 11) is 0. The first kappa shape index (κ1) is 12.3. The van der Waals surface area contributed by atoms with E-state index in [1.54, 1.807) is 0 Å². The molecular formula is C8H16N2O5. The molecule has 0 saturated carbocycles. The average molecular weight is 220 g/mol. The lowest BCUT2D eigenvalue weighted by Gasteiger charge is -2.40. The first-order valence-corrected chi connectivity index (χ1v) is 4.62. The molecule has 1 rings (SSSR count). The fraction of sp³-hybridized carbons (Fsp3) is 0.875. The lowest BCUT2D eigenvalue weighted by atomic mass is 9.96. The van der Waals surface area contributed by atoms with Crippen molar-refractivity contribution < 1.29 is 24.9 Å². The zero-order chi connectivity index (χ0) is 11.6. The molecular weight excluding hydrogens is 204 g/mol. The van der Waals surface area contributed by atoms with Crippen LogP contribution in [0, 0.1) is 0 Å². The number of rotatable bonds is 2. The molecule has 0 aromatic heterocycles. The van der Waals surface area contributed by atoms with Crippen LogP contribution in [0.25, 0.3) is 0 Å². The summed E-state index contributed by atoms with van der Waals surface area (Å²) in [6.45, 7) is 0.822.